The van der Waals surface area contributed by atoms with Gasteiger partial charge in [0.05, 0.1) is 5.69 Å². The largest absolute Gasteiger partial charge is 0.252 e. The molecule has 0 atom stereocenters. The first-order valence-corrected chi connectivity index (χ1v) is 8.54. The van der Waals surface area contributed by atoms with Crippen LogP contribution in [0.5, 0.6) is 0 Å². The molecule has 0 heterocycles. The van der Waals surface area contributed by atoms with E-state index < -0.39 is 0 Å². The molecule has 0 bridgehead atoms. The lowest BCUT2D eigenvalue weighted by Gasteiger charge is -2.24. The summed E-state index contributed by atoms with van der Waals surface area (Å²) in [5, 5.41) is 0. The molecule has 0 fully saturated rings. The highest BCUT2D eigenvalue weighted by Crippen LogP contribution is 2.34. The second kappa shape index (κ2) is 6.64. The molecule has 21 heavy (non-hydrogen) atoms. The maximum atomic E-state index is 5.02. The third-order valence-corrected chi connectivity index (χ3v) is 5.35. The Hall–Kier alpha value is -0.640. The number of aliphatic imine (C=N–C) groups is 1. The molecular weight excluding hydrogens is 369 g/mol. The van der Waals surface area contributed by atoms with Crippen molar-refractivity contribution in [1.82, 2.24) is 0 Å². The van der Waals surface area contributed by atoms with Gasteiger partial charge in [0.25, 0.3) is 0 Å². The predicted octanol–water partition coefficient (Wildman–Crippen LogP) is 6.79. The van der Waals surface area contributed by atoms with Gasteiger partial charge in [-0.3, -0.25) is 4.99 Å². The van der Waals surface area contributed by atoms with Crippen LogP contribution in [0, 0.1) is 24.7 Å². The summed E-state index contributed by atoms with van der Waals surface area (Å²) in [6.07, 6.45) is 2.26. The average molecular weight is 397 g/mol. The quantitative estimate of drug-likeness (QED) is 0.385. The van der Waals surface area contributed by atoms with Crippen LogP contribution in [0.4, 0.5) is 5.69 Å². The molecule has 2 heteroatoms. The van der Waals surface area contributed by atoms with Crippen molar-refractivity contribution in [3.05, 3.63) is 39.0 Å². The number of hydrogen-bond donors (Lipinski definition) is 0. The van der Waals surface area contributed by atoms with Crippen LogP contribution in [0.15, 0.2) is 32.8 Å². The Kier molecular flexibility index (Phi) is 5.82. The number of allylic oxidation sites excluding steroid dienone is 2. The highest BCUT2D eigenvalue weighted by Gasteiger charge is 2.21. The first kappa shape index (κ1) is 18.4. The maximum absolute atomic E-state index is 5.02. The van der Waals surface area contributed by atoms with Crippen molar-refractivity contribution in [3.63, 3.8) is 0 Å². The molecule has 0 unspecified atom stereocenters. The topological polar surface area (TPSA) is 12.4 Å². The molecular formula is C19H28IN. The zero-order valence-corrected chi connectivity index (χ0v) is 16.8. The predicted molar refractivity (Wildman–Crippen MR) is 104 cm³/mol. The minimum absolute atomic E-state index is 0.0242. The Bertz CT molecular complexity index is 546. The van der Waals surface area contributed by atoms with Crippen molar-refractivity contribution in [2.45, 2.75) is 55.4 Å². The molecule has 116 valence electrons. The Morgan fingerprint density at radius 1 is 0.952 bits per heavy atom. The van der Waals surface area contributed by atoms with Gasteiger partial charge >= 0.3 is 0 Å². The van der Waals surface area contributed by atoms with Gasteiger partial charge in [0, 0.05) is 11.1 Å². The summed E-state index contributed by atoms with van der Waals surface area (Å²) in [5.74, 6) is 0. The van der Waals surface area contributed by atoms with E-state index in [1.165, 1.54) is 14.7 Å². The number of benzene rings is 1. The van der Waals surface area contributed by atoms with Crippen molar-refractivity contribution < 1.29 is 0 Å². The van der Waals surface area contributed by atoms with Gasteiger partial charge in [-0.15, -0.1) is 0 Å². The zero-order valence-electron chi connectivity index (χ0n) is 14.6. The Morgan fingerprint density at radius 2 is 1.43 bits per heavy atom. The summed E-state index contributed by atoms with van der Waals surface area (Å²) in [7, 11) is 0. The second-order valence-electron chi connectivity index (χ2n) is 7.73. The summed E-state index contributed by atoms with van der Waals surface area (Å²) in [6.45, 7) is 17.7. The minimum Gasteiger partial charge on any atom is -0.252 e. The fourth-order valence-electron chi connectivity index (χ4n) is 1.86. The van der Waals surface area contributed by atoms with Crippen LogP contribution in [0.2, 0.25) is 0 Å². The van der Waals surface area contributed by atoms with Gasteiger partial charge in [0.2, 0.25) is 0 Å². The van der Waals surface area contributed by atoms with Crippen molar-refractivity contribution in [1.29, 1.82) is 0 Å². The number of para-hydroxylation sites is 1. The highest BCUT2D eigenvalue weighted by molar-refractivity contribution is 14.1. The van der Waals surface area contributed by atoms with Gasteiger partial charge in [-0.2, -0.15) is 0 Å². The molecule has 0 aromatic heterocycles. The molecule has 0 aliphatic heterocycles. The minimum atomic E-state index is 0.0242. The van der Waals surface area contributed by atoms with Crippen LogP contribution in [-0.2, 0) is 0 Å². The molecule has 0 N–H and O–H groups in total. The third-order valence-electron chi connectivity index (χ3n) is 3.42. The van der Waals surface area contributed by atoms with Gasteiger partial charge in [-0.25, -0.2) is 0 Å². The lowest BCUT2D eigenvalue weighted by Crippen LogP contribution is -2.20. The standard InChI is InChI=1S/C19H28IN/c1-13-10-9-11-14(2)17(13)21-16(19(6,7)8)12-15(20)18(3,4)5/h9-12H,1-8H3/b15-12-,21-16?. The molecule has 0 saturated heterocycles. The van der Waals surface area contributed by atoms with E-state index in [1.807, 2.05) is 0 Å². The normalized spacial score (nSPS) is 14.5. The molecule has 1 nitrogen and oxygen atoms in total. The van der Waals surface area contributed by atoms with E-state index in [0.29, 0.717) is 0 Å². The van der Waals surface area contributed by atoms with E-state index in [-0.39, 0.29) is 10.8 Å². The second-order valence-corrected chi connectivity index (χ2v) is 8.89. The van der Waals surface area contributed by atoms with Crippen molar-refractivity contribution in [2.75, 3.05) is 0 Å². The van der Waals surface area contributed by atoms with E-state index in [1.54, 1.807) is 0 Å². The molecule has 0 amide bonds. The number of hydrogen-bond acceptors (Lipinski definition) is 1. The summed E-state index contributed by atoms with van der Waals surface area (Å²) < 4.78 is 1.33. The summed E-state index contributed by atoms with van der Waals surface area (Å²) in [5.41, 5.74) is 4.90. The number of aryl methyl sites for hydroxylation is 2. The summed E-state index contributed by atoms with van der Waals surface area (Å²) in [6, 6.07) is 6.35. The highest BCUT2D eigenvalue weighted by atomic mass is 127. The van der Waals surface area contributed by atoms with Gasteiger partial charge in [0.15, 0.2) is 0 Å². The van der Waals surface area contributed by atoms with E-state index in [4.69, 9.17) is 4.99 Å². The van der Waals surface area contributed by atoms with E-state index in [0.717, 1.165) is 11.4 Å². The fraction of sp³-hybridized carbons (Fsp3) is 0.526. The summed E-state index contributed by atoms with van der Waals surface area (Å²) >= 11 is 2.44. The molecule has 0 spiro atoms. The lowest BCUT2D eigenvalue weighted by molar-refractivity contribution is 0.537. The molecule has 0 aliphatic carbocycles. The molecule has 0 aliphatic rings. The van der Waals surface area contributed by atoms with E-state index in [2.05, 4.69) is 102 Å². The number of halogens is 1. The van der Waals surface area contributed by atoms with Gasteiger partial charge in [-0.05, 0) is 62.6 Å². The van der Waals surface area contributed by atoms with Crippen LogP contribution in [0.1, 0.15) is 52.7 Å². The Labute approximate surface area is 144 Å². The van der Waals surface area contributed by atoms with Crippen LogP contribution < -0.4 is 0 Å². The van der Waals surface area contributed by atoms with E-state index >= 15 is 0 Å². The number of nitrogens with zero attached hydrogens (tertiary/aromatic N) is 1. The first-order valence-electron chi connectivity index (χ1n) is 7.46. The Balaban J connectivity index is 3.44. The third kappa shape index (κ3) is 5.24. The van der Waals surface area contributed by atoms with Crippen LogP contribution >= 0.6 is 22.6 Å². The SMILES string of the molecule is Cc1cccc(C)c1N=C(/C=C(\I)C(C)(C)C)C(C)(C)C. The fourth-order valence-corrected chi connectivity index (χ4v) is 2.15. The molecule has 0 radical (unpaired) electrons. The first-order chi connectivity index (χ1) is 9.43. The summed E-state index contributed by atoms with van der Waals surface area (Å²) in [4.78, 5) is 5.02. The molecule has 1 aromatic rings. The number of rotatable bonds is 2. The van der Waals surface area contributed by atoms with E-state index in [9.17, 15) is 0 Å². The average Bonchev–Trinajstić information content (AvgIpc) is 2.29. The molecule has 0 saturated carbocycles. The van der Waals surface area contributed by atoms with Crippen LogP contribution in [0.25, 0.3) is 0 Å². The van der Waals surface area contributed by atoms with Crippen molar-refractivity contribution >= 4 is 34.0 Å². The van der Waals surface area contributed by atoms with Crippen molar-refractivity contribution in [3.8, 4) is 0 Å². The lowest BCUT2D eigenvalue weighted by atomic mass is 9.87. The monoisotopic (exact) mass is 397 g/mol. The maximum Gasteiger partial charge on any atom is 0.0691 e. The smallest absolute Gasteiger partial charge is 0.0691 e. The van der Waals surface area contributed by atoms with Gasteiger partial charge in [-0.1, -0.05) is 59.7 Å². The molecule has 1 aromatic carbocycles. The molecule has 1 rings (SSSR count). The van der Waals surface area contributed by atoms with Crippen molar-refractivity contribution in [2.24, 2.45) is 15.8 Å². The van der Waals surface area contributed by atoms with Gasteiger partial charge < -0.3 is 0 Å². The Morgan fingerprint density at radius 3 is 1.81 bits per heavy atom. The van der Waals surface area contributed by atoms with Gasteiger partial charge in [0.1, 0.15) is 0 Å². The van der Waals surface area contributed by atoms with Crippen LogP contribution in [-0.4, -0.2) is 5.71 Å². The van der Waals surface area contributed by atoms with Crippen LogP contribution in [0.3, 0.4) is 0 Å². The zero-order chi connectivity index (χ0) is 16.4.